The number of hydrogen-bond acceptors (Lipinski definition) is 5. The van der Waals surface area contributed by atoms with Gasteiger partial charge < -0.3 is 0 Å². The maximum Gasteiger partial charge on any atom is 0.261 e. The number of aromatic amines is 1. The molecule has 0 unspecified atom stereocenters. The number of aromatic nitrogens is 3. The fourth-order valence-corrected chi connectivity index (χ4v) is 3.29. The zero-order valence-electron chi connectivity index (χ0n) is 13.9. The van der Waals surface area contributed by atoms with Crippen LogP contribution in [-0.4, -0.2) is 29.5 Å². The van der Waals surface area contributed by atoms with Crippen molar-refractivity contribution in [3.8, 4) is 0 Å². The van der Waals surface area contributed by atoms with Crippen LogP contribution < -0.4 is 10.0 Å². The second-order valence-electron chi connectivity index (χ2n) is 5.41. The molecule has 26 heavy (non-hydrogen) atoms. The molecule has 0 fully saturated rings. The summed E-state index contributed by atoms with van der Waals surface area (Å²) >= 11 is 0. The van der Waals surface area contributed by atoms with Gasteiger partial charge in [-0.1, -0.05) is 31.2 Å². The second-order valence-corrected chi connectivity index (χ2v) is 7.10. The number of amides is 1. The lowest BCUT2D eigenvalue weighted by molar-refractivity contribution is 0.102. The molecule has 9 heteroatoms. The molecule has 0 atom stereocenters. The molecule has 0 bridgehead atoms. The predicted molar refractivity (Wildman–Crippen MR) is 97.4 cm³/mol. The summed E-state index contributed by atoms with van der Waals surface area (Å²) in [5, 5.41) is 9.16. The van der Waals surface area contributed by atoms with E-state index in [9.17, 15) is 13.2 Å². The van der Waals surface area contributed by atoms with Gasteiger partial charge >= 0.3 is 0 Å². The maximum absolute atomic E-state index is 12.4. The number of carbonyl (C=O) groups excluding carboxylic acids is 1. The zero-order valence-corrected chi connectivity index (χ0v) is 14.7. The van der Waals surface area contributed by atoms with E-state index >= 15 is 0 Å². The molecular weight excluding hydrogens is 354 g/mol. The molecule has 2 aromatic carbocycles. The predicted octanol–water partition coefficient (Wildman–Crippen LogP) is 2.42. The van der Waals surface area contributed by atoms with Crippen LogP contribution in [0.25, 0.3) is 0 Å². The zero-order chi connectivity index (χ0) is 18.6. The van der Waals surface area contributed by atoms with Crippen LogP contribution in [-0.2, 0) is 16.4 Å². The summed E-state index contributed by atoms with van der Waals surface area (Å²) in [5.74, 6) is 0.388. The minimum atomic E-state index is -3.73. The van der Waals surface area contributed by atoms with Gasteiger partial charge in [0.05, 0.1) is 4.90 Å². The molecule has 0 aliphatic heterocycles. The fraction of sp³-hybridized carbons (Fsp3) is 0.118. The molecule has 8 nitrogen and oxygen atoms in total. The van der Waals surface area contributed by atoms with Crippen LogP contribution >= 0.6 is 0 Å². The van der Waals surface area contributed by atoms with Gasteiger partial charge in [0.25, 0.3) is 15.9 Å². The monoisotopic (exact) mass is 371 g/mol. The highest BCUT2D eigenvalue weighted by molar-refractivity contribution is 7.92. The first kappa shape index (κ1) is 17.6. The molecule has 0 aliphatic rings. The summed E-state index contributed by atoms with van der Waals surface area (Å²) < 4.78 is 27.2. The van der Waals surface area contributed by atoms with E-state index in [1.54, 1.807) is 36.4 Å². The fourth-order valence-electron chi connectivity index (χ4n) is 2.22. The van der Waals surface area contributed by atoms with Crippen molar-refractivity contribution < 1.29 is 13.2 Å². The highest BCUT2D eigenvalue weighted by Gasteiger charge is 2.15. The Kier molecular flexibility index (Phi) is 4.99. The molecule has 1 heterocycles. The quantitative estimate of drug-likeness (QED) is 0.615. The Morgan fingerprint density at radius 2 is 1.88 bits per heavy atom. The Balaban J connectivity index is 1.76. The van der Waals surface area contributed by atoms with Gasteiger partial charge in [-0.05, 0) is 30.3 Å². The van der Waals surface area contributed by atoms with Crippen LogP contribution in [0.3, 0.4) is 0 Å². The lowest BCUT2D eigenvalue weighted by Crippen LogP contribution is -2.15. The number of H-pyrrole nitrogens is 1. The summed E-state index contributed by atoms with van der Waals surface area (Å²) in [5.41, 5.74) is 0.562. The van der Waals surface area contributed by atoms with Gasteiger partial charge in [-0.25, -0.2) is 8.42 Å². The van der Waals surface area contributed by atoms with Crippen LogP contribution in [0, 0.1) is 0 Å². The largest absolute Gasteiger partial charge is 0.289 e. The van der Waals surface area contributed by atoms with Crippen molar-refractivity contribution in [2.24, 2.45) is 0 Å². The van der Waals surface area contributed by atoms with Gasteiger partial charge in [0.2, 0.25) is 5.95 Å². The van der Waals surface area contributed by atoms with E-state index in [0.29, 0.717) is 12.2 Å². The van der Waals surface area contributed by atoms with E-state index in [1.165, 1.54) is 18.2 Å². The number of carbonyl (C=O) groups is 1. The third kappa shape index (κ3) is 4.06. The van der Waals surface area contributed by atoms with E-state index in [0.717, 1.165) is 0 Å². The molecule has 0 spiro atoms. The Labute approximate surface area is 150 Å². The van der Waals surface area contributed by atoms with E-state index in [1.807, 2.05) is 6.92 Å². The van der Waals surface area contributed by atoms with Gasteiger partial charge in [-0.3, -0.25) is 19.9 Å². The van der Waals surface area contributed by atoms with Crippen molar-refractivity contribution in [3.05, 3.63) is 66.0 Å². The van der Waals surface area contributed by atoms with Gasteiger partial charge in [0.15, 0.2) is 0 Å². The lowest BCUT2D eigenvalue weighted by atomic mass is 10.2. The van der Waals surface area contributed by atoms with Crippen molar-refractivity contribution in [3.63, 3.8) is 0 Å². The summed E-state index contributed by atoms with van der Waals surface area (Å²) in [6.07, 6.45) is 0.666. The Morgan fingerprint density at radius 3 is 2.58 bits per heavy atom. The normalized spacial score (nSPS) is 11.1. The Hall–Kier alpha value is -3.20. The molecule has 0 saturated carbocycles. The van der Waals surface area contributed by atoms with Crippen molar-refractivity contribution in [2.75, 3.05) is 10.0 Å². The molecule has 0 aliphatic carbocycles. The second kappa shape index (κ2) is 7.36. The molecule has 3 N–H and O–H groups in total. The molecule has 3 rings (SSSR count). The topological polar surface area (TPSA) is 117 Å². The first-order chi connectivity index (χ1) is 12.5. The van der Waals surface area contributed by atoms with Gasteiger partial charge in [0.1, 0.15) is 5.82 Å². The third-order valence-electron chi connectivity index (χ3n) is 3.52. The van der Waals surface area contributed by atoms with Crippen molar-refractivity contribution in [1.82, 2.24) is 15.2 Å². The van der Waals surface area contributed by atoms with Gasteiger partial charge in [-0.2, -0.15) is 4.98 Å². The number of anilines is 2. The van der Waals surface area contributed by atoms with Crippen molar-refractivity contribution in [1.29, 1.82) is 0 Å². The minimum absolute atomic E-state index is 0.141. The highest BCUT2D eigenvalue weighted by Crippen LogP contribution is 2.17. The van der Waals surface area contributed by atoms with Gasteiger partial charge in [-0.15, -0.1) is 5.10 Å². The number of benzene rings is 2. The Morgan fingerprint density at radius 1 is 1.12 bits per heavy atom. The van der Waals surface area contributed by atoms with Crippen LogP contribution in [0.1, 0.15) is 23.1 Å². The molecule has 1 amide bonds. The average Bonchev–Trinajstić information content (AvgIpc) is 3.10. The highest BCUT2D eigenvalue weighted by atomic mass is 32.2. The minimum Gasteiger partial charge on any atom is -0.289 e. The number of hydrogen-bond donors (Lipinski definition) is 3. The van der Waals surface area contributed by atoms with Gasteiger partial charge in [0, 0.05) is 17.7 Å². The lowest BCUT2D eigenvalue weighted by Gasteiger charge is -2.09. The SMILES string of the molecule is CCc1nc(NC(=O)c2cccc(NS(=O)(=O)c3ccccc3)c2)n[nH]1. The Bertz CT molecular complexity index is 1020. The molecule has 0 saturated heterocycles. The first-order valence-electron chi connectivity index (χ1n) is 7.88. The number of rotatable bonds is 6. The van der Waals surface area contributed by atoms with Crippen molar-refractivity contribution in [2.45, 2.75) is 18.2 Å². The number of nitrogens with one attached hydrogen (secondary N) is 3. The molecule has 134 valence electrons. The molecule has 3 aromatic rings. The van der Waals surface area contributed by atoms with E-state index < -0.39 is 15.9 Å². The summed E-state index contributed by atoms with van der Waals surface area (Å²) in [4.78, 5) is 16.6. The third-order valence-corrected chi connectivity index (χ3v) is 4.92. The standard InChI is InChI=1S/C17H17N5O3S/c1-2-15-18-17(21-20-15)19-16(23)12-7-6-8-13(11-12)22-26(24,25)14-9-4-3-5-10-14/h3-11,22H,2H2,1H3,(H2,18,19,20,21,23). The van der Waals surface area contributed by atoms with E-state index in [4.69, 9.17) is 0 Å². The summed E-state index contributed by atoms with van der Waals surface area (Å²) in [6.45, 7) is 1.91. The van der Waals surface area contributed by atoms with E-state index in [2.05, 4.69) is 25.2 Å². The molecule has 1 aromatic heterocycles. The van der Waals surface area contributed by atoms with Crippen LogP contribution in [0.5, 0.6) is 0 Å². The van der Waals surface area contributed by atoms with Crippen LogP contribution in [0.15, 0.2) is 59.5 Å². The maximum atomic E-state index is 12.4. The van der Waals surface area contributed by atoms with Crippen molar-refractivity contribution >= 4 is 27.6 Å². The first-order valence-corrected chi connectivity index (χ1v) is 9.37. The number of sulfonamides is 1. The average molecular weight is 371 g/mol. The number of aryl methyl sites for hydroxylation is 1. The number of nitrogens with zero attached hydrogens (tertiary/aromatic N) is 2. The molecular formula is C17H17N5O3S. The van der Waals surface area contributed by atoms with Crippen LogP contribution in [0.2, 0.25) is 0 Å². The smallest absolute Gasteiger partial charge is 0.261 e. The van der Waals surface area contributed by atoms with E-state index in [-0.39, 0.29) is 22.1 Å². The summed E-state index contributed by atoms with van der Waals surface area (Å²) in [7, 11) is -3.73. The summed E-state index contributed by atoms with van der Waals surface area (Å²) in [6, 6.07) is 14.2. The molecule has 0 radical (unpaired) electrons. The van der Waals surface area contributed by atoms with Crippen LogP contribution in [0.4, 0.5) is 11.6 Å².